The Hall–Kier alpha value is -2.22. The molecule has 0 fully saturated rings. The monoisotopic (exact) mass is 451 g/mol. The van der Waals surface area contributed by atoms with Gasteiger partial charge < -0.3 is 14.8 Å². The molecule has 2 aliphatic rings. The number of aldehydes is 1. The predicted molar refractivity (Wildman–Crippen MR) is 119 cm³/mol. The Morgan fingerprint density at radius 2 is 1.81 bits per heavy atom. The molecule has 2 aliphatic heterocycles. The van der Waals surface area contributed by atoms with Gasteiger partial charge in [-0.25, -0.2) is 8.42 Å². The van der Waals surface area contributed by atoms with Gasteiger partial charge in [-0.1, -0.05) is 26.0 Å². The van der Waals surface area contributed by atoms with E-state index in [1.54, 1.807) is 12.1 Å². The van der Waals surface area contributed by atoms with Gasteiger partial charge in [0, 0.05) is 18.6 Å². The summed E-state index contributed by atoms with van der Waals surface area (Å²) in [4.78, 5) is 37.4. The van der Waals surface area contributed by atoms with Crippen LogP contribution in [0.2, 0.25) is 0 Å². The Kier molecular flexibility index (Phi) is 9.22. The predicted octanol–water partition coefficient (Wildman–Crippen LogP) is 2.37. The van der Waals surface area contributed by atoms with E-state index in [2.05, 4.69) is 5.32 Å². The van der Waals surface area contributed by atoms with E-state index in [0.717, 1.165) is 30.9 Å². The molecule has 3 atom stereocenters. The normalized spacial score (nSPS) is 24.3. The molecule has 172 valence electrons. The standard InChI is InChI=1S/C23H33NO6S/c1-16(2)22-21(26)13-18(14-25)6-4-5-11-30-20-9-7-17(8-10-20)12-19(23(27)24-22)15-31(3,28)29/h7-10,14,16,18-19,22H,4-6,11-13,15H2,1-3H3,(H,24,27)/t18-,19-,22+/m1/s1. The molecule has 0 aromatic heterocycles. The Balaban J connectivity index is 2.33. The van der Waals surface area contributed by atoms with Crippen molar-refractivity contribution in [2.75, 3.05) is 18.6 Å². The maximum Gasteiger partial charge on any atom is 0.225 e. The van der Waals surface area contributed by atoms with Crippen LogP contribution < -0.4 is 10.1 Å². The minimum atomic E-state index is -3.42. The second-order valence-corrected chi connectivity index (χ2v) is 11.0. The van der Waals surface area contributed by atoms with Crippen molar-refractivity contribution in [1.29, 1.82) is 0 Å². The Bertz CT molecular complexity index is 863. The molecule has 2 heterocycles. The third kappa shape index (κ3) is 8.44. The van der Waals surface area contributed by atoms with Crippen LogP contribution in [0.5, 0.6) is 5.75 Å². The molecule has 1 aromatic rings. The molecule has 3 rings (SSSR count). The minimum absolute atomic E-state index is 0.0576. The molecule has 0 saturated heterocycles. The number of rotatable bonds is 4. The highest BCUT2D eigenvalue weighted by atomic mass is 32.2. The summed E-state index contributed by atoms with van der Waals surface area (Å²) < 4.78 is 29.6. The summed E-state index contributed by atoms with van der Waals surface area (Å²) >= 11 is 0. The van der Waals surface area contributed by atoms with Gasteiger partial charge in [-0.15, -0.1) is 0 Å². The summed E-state index contributed by atoms with van der Waals surface area (Å²) in [6.07, 6.45) is 4.28. The molecule has 0 spiro atoms. The zero-order valence-electron chi connectivity index (χ0n) is 18.5. The number of sulfone groups is 1. The number of carbonyl (C=O) groups excluding carboxylic acids is 3. The van der Waals surface area contributed by atoms with Gasteiger partial charge in [0.25, 0.3) is 0 Å². The van der Waals surface area contributed by atoms with Gasteiger partial charge in [0.15, 0.2) is 5.78 Å². The zero-order valence-corrected chi connectivity index (χ0v) is 19.3. The van der Waals surface area contributed by atoms with Gasteiger partial charge in [0.2, 0.25) is 5.91 Å². The maximum absolute atomic E-state index is 13.0. The van der Waals surface area contributed by atoms with Crippen LogP contribution in [0.4, 0.5) is 0 Å². The third-order valence-electron chi connectivity index (χ3n) is 5.49. The van der Waals surface area contributed by atoms with Gasteiger partial charge in [-0.05, 0) is 49.3 Å². The van der Waals surface area contributed by atoms with E-state index in [0.29, 0.717) is 18.8 Å². The first-order chi connectivity index (χ1) is 14.6. The van der Waals surface area contributed by atoms with Crippen molar-refractivity contribution in [2.24, 2.45) is 17.8 Å². The van der Waals surface area contributed by atoms with Crippen molar-refractivity contribution in [3.63, 3.8) is 0 Å². The van der Waals surface area contributed by atoms with Gasteiger partial charge in [0.05, 0.1) is 24.3 Å². The highest BCUT2D eigenvalue weighted by Crippen LogP contribution is 2.20. The second kappa shape index (κ2) is 11.4. The molecule has 8 heteroatoms. The van der Waals surface area contributed by atoms with E-state index >= 15 is 0 Å². The van der Waals surface area contributed by atoms with E-state index in [1.165, 1.54) is 0 Å². The third-order valence-corrected chi connectivity index (χ3v) is 6.49. The van der Waals surface area contributed by atoms with E-state index < -0.39 is 33.6 Å². The molecule has 1 N–H and O–H groups in total. The summed E-state index contributed by atoms with van der Waals surface area (Å²) in [5.74, 6) is -1.71. The fourth-order valence-corrected chi connectivity index (χ4v) is 4.79. The minimum Gasteiger partial charge on any atom is -0.494 e. The Morgan fingerprint density at radius 3 is 2.39 bits per heavy atom. The fraction of sp³-hybridized carbons (Fsp3) is 0.609. The molecule has 1 aromatic carbocycles. The van der Waals surface area contributed by atoms with Crippen LogP contribution in [-0.2, 0) is 30.6 Å². The lowest BCUT2D eigenvalue weighted by molar-refractivity contribution is -0.131. The van der Waals surface area contributed by atoms with Crippen LogP contribution in [0, 0.1) is 17.8 Å². The molecule has 7 nitrogen and oxygen atoms in total. The number of ether oxygens (including phenoxy) is 1. The summed E-state index contributed by atoms with van der Waals surface area (Å²) in [6, 6.07) is 6.49. The van der Waals surface area contributed by atoms with Crippen LogP contribution >= 0.6 is 0 Å². The van der Waals surface area contributed by atoms with Crippen LogP contribution in [0.3, 0.4) is 0 Å². The van der Waals surface area contributed by atoms with Crippen LogP contribution in [0.1, 0.15) is 45.1 Å². The SMILES string of the molecule is CC(C)[C@@H]1NC(=O)[C@@H](CS(C)(=O)=O)Cc2ccc(cc2)OCCCC[C@@H](C=O)CC1=O. The van der Waals surface area contributed by atoms with Gasteiger partial charge >= 0.3 is 0 Å². The first-order valence-electron chi connectivity index (χ1n) is 10.8. The van der Waals surface area contributed by atoms with Crippen LogP contribution in [0.15, 0.2) is 24.3 Å². The largest absolute Gasteiger partial charge is 0.494 e. The van der Waals surface area contributed by atoms with Crippen molar-refractivity contribution in [2.45, 2.75) is 52.0 Å². The van der Waals surface area contributed by atoms with Gasteiger partial charge in [-0.3, -0.25) is 9.59 Å². The van der Waals surface area contributed by atoms with Crippen molar-refractivity contribution < 1.29 is 27.5 Å². The quantitative estimate of drug-likeness (QED) is 0.705. The molecule has 0 radical (unpaired) electrons. The summed E-state index contributed by atoms with van der Waals surface area (Å²) in [5.41, 5.74) is 0.814. The van der Waals surface area contributed by atoms with E-state index in [4.69, 9.17) is 4.74 Å². The first kappa shape index (κ1) is 25.0. The summed E-state index contributed by atoms with van der Waals surface area (Å²) in [5, 5.41) is 2.77. The highest BCUT2D eigenvalue weighted by molar-refractivity contribution is 7.90. The van der Waals surface area contributed by atoms with E-state index in [1.807, 2.05) is 26.0 Å². The van der Waals surface area contributed by atoms with Crippen molar-refractivity contribution in [3.05, 3.63) is 29.8 Å². The number of hydrogen-bond donors (Lipinski definition) is 1. The average Bonchev–Trinajstić information content (AvgIpc) is 2.69. The second-order valence-electron chi connectivity index (χ2n) is 8.78. The maximum atomic E-state index is 13.0. The smallest absolute Gasteiger partial charge is 0.225 e. The Labute approximate surface area is 184 Å². The van der Waals surface area contributed by atoms with Crippen LogP contribution in [0.25, 0.3) is 0 Å². The number of Topliss-reactive ketones (excluding diaryl/α,β-unsaturated/α-hetero) is 1. The molecule has 0 aliphatic carbocycles. The lowest BCUT2D eigenvalue weighted by atomic mass is 9.90. The molecule has 31 heavy (non-hydrogen) atoms. The number of benzene rings is 1. The van der Waals surface area contributed by atoms with Gasteiger partial charge in [-0.2, -0.15) is 0 Å². The van der Waals surface area contributed by atoms with Crippen molar-refractivity contribution in [1.82, 2.24) is 5.32 Å². The van der Waals surface area contributed by atoms with Gasteiger partial charge in [0.1, 0.15) is 21.9 Å². The fourth-order valence-electron chi connectivity index (χ4n) is 3.79. The number of fused-ring (bicyclic) bond motifs is 14. The molecule has 1 amide bonds. The summed E-state index contributed by atoms with van der Waals surface area (Å²) in [6.45, 7) is 4.15. The lowest BCUT2D eigenvalue weighted by Gasteiger charge is -2.25. The van der Waals surface area contributed by atoms with E-state index in [-0.39, 0.29) is 30.3 Å². The average molecular weight is 452 g/mol. The number of nitrogens with one attached hydrogen (secondary N) is 1. The van der Waals surface area contributed by atoms with Crippen LogP contribution in [-0.4, -0.2) is 51.1 Å². The molecular formula is C23H33NO6S. The highest BCUT2D eigenvalue weighted by Gasteiger charge is 2.30. The topological polar surface area (TPSA) is 107 Å². The first-order valence-corrected chi connectivity index (χ1v) is 12.8. The number of carbonyl (C=O) groups is 3. The molecule has 0 unspecified atom stereocenters. The molecule has 0 saturated carbocycles. The van der Waals surface area contributed by atoms with Crippen molar-refractivity contribution >= 4 is 27.8 Å². The zero-order chi connectivity index (χ0) is 23.0. The molecular weight excluding hydrogens is 418 g/mol. The van der Waals surface area contributed by atoms with E-state index in [9.17, 15) is 22.8 Å². The Morgan fingerprint density at radius 1 is 1.13 bits per heavy atom. The number of ketones is 1. The molecule has 2 bridgehead atoms. The number of hydrogen-bond acceptors (Lipinski definition) is 6. The lowest BCUT2D eigenvalue weighted by Crippen LogP contribution is -2.48. The van der Waals surface area contributed by atoms with Crippen molar-refractivity contribution in [3.8, 4) is 5.75 Å². The number of amides is 1. The summed E-state index contributed by atoms with van der Waals surface area (Å²) in [7, 11) is -3.42.